The minimum Gasteiger partial charge on any atom is -0.496 e. The van der Waals surface area contributed by atoms with Crippen LogP contribution >= 0.6 is 0 Å². The van der Waals surface area contributed by atoms with Gasteiger partial charge in [-0.3, -0.25) is 0 Å². The van der Waals surface area contributed by atoms with Crippen LogP contribution in [0, 0.1) is 0 Å². The lowest BCUT2D eigenvalue weighted by atomic mass is 10.0. The van der Waals surface area contributed by atoms with Crippen molar-refractivity contribution in [2.75, 3.05) is 7.11 Å². The minimum atomic E-state index is 0.484. The number of unbranched alkanes of at least 4 members (excludes halogenated alkanes) is 1. The number of benzene rings is 1. The summed E-state index contributed by atoms with van der Waals surface area (Å²) in [6.45, 7) is 6.79. The molecule has 2 heteroatoms. The van der Waals surface area contributed by atoms with Gasteiger partial charge in [-0.1, -0.05) is 44.9 Å². The molecule has 2 nitrogen and oxygen atoms in total. The maximum Gasteiger partial charge on any atom is 0.122 e. The topological polar surface area (TPSA) is 21.3 Å². The predicted octanol–water partition coefficient (Wildman–Crippen LogP) is 4.18. The highest BCUT2D eigenvalue weighted by atomic mass is 16.5. The molecule has 0 bridgehead atoms. The van der Waals surface area contributed by atoms with Crippen molar-refractivity contribution in [3.05, 3.63) is 29.8 Å². The molecule has 0 aliphatic rings. The average Bonchev–Trinajstić information content (AvgIpc) is 2.44. The Bertz CT molecular complexity index is 351. The quantitative estimate of drug-likeness (QED) is 0.721. The van der Waals surface area contributed by atoms with Crippen molar-refractivity contribution in [1.82, 2.24) is 5.32 Å². The molecular formula is C17H29NO. The van der Waals surface area contributed by atoms with Crippen LogP contribution < -0.4 is 10.1 Å². The molecule has 1 aromatic rings. The van der Waals surface area contributed by atoms with Crippen molar-refractivity contribution in [3.8, 4) is 5.75 Å². The average molecular weight is 263 g/mol. The molecule has 0 amide bonds. The molecule has 0 saturated heterocycles. The minimum absolute atomic E-state index is 0.484. The van der Waals surface area contributed by atoms with Crippen LogP contribution in [0.4, 0.5) is 0 Å². The molecule has 19 heavy (non-hydrogen) atoms. The second-order valence-electron chi connectivity index (χ2n) is 5.33. The SMILES string of the molecule is CCCCC(CC)NC(C)Cc1ccccc1OC. The summed E-state index contributed by atoms with van der Waals surface area (Å²) in [5.41, 5.74) is 1.29. The Labute approximate surface area is 118 Å². The maximum atomic E-state index is 5.41. The van der Waals surface area contributed by atoms with Crippen molar-refractivity contribution < 1.29 is 4.74 Å². The highest BCUT2D eigenvalue weighted by Gasteiger charge is 2.12. The summed E-state index contributed by atoms with van der Waals surface area (Å²) in [4.78, 5) is 0. The molecule has 1 rings (SSSR count). The highest BCUT2D eigenvalue weighted by molar-refractivity contribution is 5.33. The Hall–Kier alpha value is -1.02. The van der Waals surface area contributed by atoms with E-state index < -0.39 is 0 Å². The van der Waals surface area contributed by atoms with Crippen LogP contribution in [-0.2, 0) is 6.42 Å². The molecule has 0 radical (unpaired) electrons. The zero-order chi connectivity index (χ0) is 14.1. The van der Waals surface area contributed by atoms with Crippen molar-refractivity contribution in [3.63, 3.8) is 0 Å². The summed E-state index contributed by atoms with van der Waals surface area (Å²) in [7, 11) is 1.74. The third-order valence-corrected chi connectivity index (χ3v) is 3.64. The Morgan fingerprint density at radius 2 is 1.95 bits per heavy atom. The smallest absolute Gasteiger partial charge is 0.122 e. The molecule has 0 fully saturated rings. The van der Waals surface area contributed by atoms with Gasteiger partial charge in [-0.15, -0.1) is 0 Å². The van der Waals surface area contributed by atoms with Gasteiger partial charge in [-0.25, -0.2) is 0 Å². The highest BCUT2D eigenvalue weighted by Crippen LogP contribution is 2.19. The molecule has 0 aromatic heterocycles. The number of para-hydroxylation sites is 1. The number of hydrogen-bond acceptors (Lipinski definition) is 2. The van der Waals surface area contributed by atoms with E-state index in [4.69, 9.17) is 4.74 Å². The first-order valence-electron chi connectivity index (χ1n) is 7.59. The van der Waals surface area contributed by atoms with Crippen LogP contribution in [0.15, 0.2) is 24.3 Å². The fourth-order valence-electron chi connectivity index (χ4n) is 2.52. The molecule has 0 aliphatic carbocycles. The van der Waals surface area contributed by atoms with Gasteiger partial charge in [0.05, 0.1) is 7.11 Å². The van der Waals surface area contributed by atoms with Crippen LogP contribution in [0.5, 0.6) is 5.75 Å². The summed E-state index contributed by atoms with van der Waals surface area (Å²) in [5, 5.41) is 3.75. The summed E-state index contributed by atoms with van der Waals surface area (Å²) in [6, 6.07) is 9.43. The van der Waals surface area contributed by atoms with E-state index >= 15 is 0 Å². The normalized spacial score (nSPS) is 14.1. The van der Waals surface area contributed by atoms with Gasteiger partial charge in [0, 0.05) is 12.1 Å². The van der Waals surface area contributed by atoms with E-state index in [1.165, 1.54) is 31.2 Å². The first-order valence-corrected chi connectivity index (χ1v) is 7.59. The molecule has 2 unspecified atom stereocenters. The number of methoxy groups -OCH3 is 1. The van der Waals surface area contributed by atoms with Gasteiger partial charge < -0.3 is 10.1 Å². The van der Waals surface area contributed by atoms with Crippen molar-refractivity contribution >= 4 is 0 Å². The molecule has 1 N–H and O–H groups in total. The van der Waals surface area contributed by atoms with Crippen molar-refractivity contribution in [1.29, 1.82) is 0 Å². The Morgan fingerprint density at radius 3 is 2.58 bits per heavy atom. The lowest BCUT2D eigenvalue weighted by molar-refractivity contribution is 0.387. The Morgan fingerprint density at radius 1 is 1.21 bits per heavy atom. The molecule has 1 aromatic carbocycles. The van der Waals surface area contributed by atoms with Crippen LogP contribution in [0.2, 0.25) is 0 Å². The first kappa shape index (κ1) is 16.0. The standard InChI is InChI=1S/C17H29NO/c1-5-7-11-16(6-2)18-14(3)13-15-10-8-9-12-17(15)19-4/h8-10,12,14,16,18H,5-7,11,13H2,1-4H3. The lowest BCUT2D eigenvalue weighted by Gasteiger charge is -2.23. The monoisotopic (exact) mass is 263 g/mol. The fraction of sp³-hybridized carbons (Fsp3) is 0.647. The second kappa shape index (κ2) is 8.98. The number of nitrogens with one attached hydrogen (secondary N) is 1. The molecule has 0 aliphatic heterocycles. The lowest BCUT2D eigenvalue weighted by Crippen LogP contribution is -2.37. The summed E-state index contributed by atoms with van der Waals surface area (Å²) in [5.74, 6) is 0.998. The number of hydrogen-bond donors (Lipinski definition) is 1. The van der Waals surface area contributed by atoms with E-state index in [1.54, 1.807) is 7.11 Å². The van der Waals surface area contributed by atoms with Crippen LogP contribution in [0.25, 0.3) is 0 Å². The van der Waals surface area contributed by atoms with Crippen LogP contribution in [-0.4, -0.2) is 19.2 Å². The molecule has 108 valence electrons. The molecule has 0 heterocycles. The van der Waals surface area contributed by atoms with Crippen LogP contribution in [0.1, 0.15) is 52.0 Å². The van der Waals surface area contributed by atoms with E-state index in [0.29, 0.717) is 12.1 Å². The summed E-state index contributed by atoms with van der Waals surface area (Å²) >= 11 is 0. The summed E-state index contributed by atoms with van der Waals surface area (Å²) in [6.07, 6.45) is 6.10. The van der Waals surface area contributed by atoms with Crippen molar-refractivity contribution in [2.45, 2.75) is 65.0 Å². The van der Waals surface area contributed by atoms with Gasteiger partial charge in [0.15, 0.2) is 0 Å². The molecule has 2 atom stereocenters. The van der Waals surface area contributed by atoms with Crippen molar-refractivity contribution in [2.24, 2.45) is 0 Å². The number of rotatable bonds is 9. The van der Waals surface area contributed by atoms with Gasteiger partial charge in [0.1, 0.15) is 5.75 Å². The molecular weight excluding hydrogens is 234 g/mol. The fourth-order valence-corrected chi connectivity index (χ4v) is 2.52. The predicted molar refractivity (Wildman–Crippen MR) is 82.9 cm³/mol. The summed E-state index contributed by atoms with van der Waals surface area (Å²) < 4.78 is 5.41. The van der Waals surface area contributed by atoms with Gasteiger partial charge in [-0.05, 0) is 37.8 Å². The first-order chi connectivity index (χ1) is 9.21. The third-order valence-electron chi connectivity index (χ3n) is 3.64. The maximum absolute atomic E-state index is 5.41. The van der Waals surface area contributed by atoms with Gasteiger partial charge >= 0.3 is 0 Å². The largest absolute Gasteiger partial charge is 0.496 e. The van der Waals surface area contributed by atoms with E-state index in [1.807, 2.05) is 12.1 Å². The Balaban J connectivity index is 2.51. The van der Waals surface area contributed by atoms with Gasteiger partial charge in [-0.2, -0.15) is 0 Å². The Kier molecular flexibility index (Phi) is 7.57. The van der Waals surface area contributed by atoms with Gasteiger partial charge in [0.2, 0.25) is 0 Å². The third kappa shape index (κ3) is 5.65. The molecule has 0 spiro atoms. The zero-order valence-corrected chi connectivity index (χ0v) is 12.9. The van der Waals surface area contributed by atoms with E-state index in [-0.39, 0.29) is 0 Å². The van der Waals surface area contributed by atoms with E-state index in [0.717, 1.165) is 12.2 Å². The van der Waals surface area contributed by atoms with E-state index in [9.17, 15) is 0 Å². The van der Waals surface area contributed by atoms with Crippen LogP contribution in [0.3, 0.4) is 0 Å². The van der Waals surface area contributed by atoms with Gasteiger partial charge in [0.25, 0.3) is 0 Å². The zero-order valence-electron chi connectivity index (χ0n) is 12.9. The van der Waals surface area contributed by atoms with E-state index in [2.05, 4.69) is 38.2 Å². The number of ether oxygens (including phenoxy) is 1. The molecule has 0 saturated carbocycles. The second-order valence-corrected chi connectivity index (χ2v) is 5.33.